The summed E-state index contributed by atoms with van der Waals surface area (Å²) >= 11 is 0. The molecule has 160 valence electrons. The van der Waals surface area contributed by atoms with Crippen molar-refractivity contribution in [2.24, 2.45) is 5.92 Å². The number of carbonyl (C=O) groups excluding carboxylic acids is 1. The van der Waals surface area contributed by atoms with Crippen LogP contribution in [0.1, 0.15) is 43.6 Å². The molecule has 31 heavy (non-hydrogen) atoms. The Kier molecular flexibility index (Phi) is 5.32. The molecule has 3 heterocycles. The van der Waals surface area contributed by atoms with Crippen molar-refractivity contribution in [1.29, 1.82) is 0 Å². The molecule has 2 aromatic heterocycles. The number of aromatic nitrogens is 3. The zero-order chi connectivity index (χ0) is 21.2. The van der Waals surface area contributed by atoms with Crippen molar-refractivity contribution in [3.63, 3.8) is 0 Å². The Balaban J connectivity index is 1.44. The van der Waals surface area contributed by atoms with Crippen molar-refractivity contribution in [3.8, 4) is 34.1 Å². The molecule has 0 radical (unpaired) electrons. The molecule has 0 unspecified atom stereocenters. The first-order valence-electron chi connectivity index (χ1n) is 10.9. The smallest absolute Gasteiger partial charge is 0.231 e. The lowest BCUT2D eigenvalue weighted by molar-refractivity contribution is -0.126. The molecule has 1 amide bonds. The summed E-state index contributed by atoms with van der Waals surface area (Å²) in [7, 11) is 0. The number of nitrogens with one attached hydrogen (secondary N) is 2. The molecule has 1 aliphatic heterocycles. The third kappa shape index (κ3) is 4.13. The van der Waals surface area contributed by atoms with Gasteiger partial charge in [-0.1, -0.05) is 25.3 Å². The highest BCUT2D eigenvalue weighted by molar-refractivity contribution is 5.80. The van der Waals surface area contributed by atoms with Crippen molar-refractivity contribution < 1.29 is 14.3 Å². The largest absolute Gasteiger partial charge is 0.454 e. The summed E-state index contributed by atoms with van der Waals surface area (Å²) in [5.41, 5.74) is 4.24. The first-order chi connectivity index (χ1) is 15.2. The number of rotatable bonds is 5. The lowest BCUT2D eigenvalue weighted by Crippen LogP contribution is -2.31. The van der Waals surface area contributed by atoms with Crippen molar-refractivity contribution in [2.45, 2.75) is 45.6 Å². The number of ether oxygens (including phenoxy) is 2. The molecule has 7 nitrogen and oxygen atoms in total. The van der Waals surface area contributed by atoms with E-state index < -0.39 is 0 Å². The summed E-state index contributed by atoms with van der Waals surface area (Å²) in [6.07, 6.45) is 5.45. The van der Waals surface area contributed by atoms with Gasteiger partial charge in [-0.3, -0.25) is 9.78 Å². The Morgan fingerprint density at radius 3 is 2.77 bits per heavy atom. The van der Waals surface area contributed by atoms with Crippen molar-refractivity contribution in [2.75, 3.05) is 6.79 Å². The maximum atomic E-state index is 12.6. The minimum absolute atomic E-state index is 0.120. The molecule has 1 saturated carbocycles. The lowest BCUT2D eigenvalue weighted by Gasteiger charge is -2.20. The van der Waals surface area contributed by atoms with Crippen LogP contribution in [0.5, 0.6) is 11.5 Å². The number of imidazole rings is 1. The van der Waals surface area contributed by atoms with Gasteiger partial charge in [0.05, 0.1) is 23.6 Å². The van der Waals surface area contributed by atoms with E-state index in [9.17, 15) is 4.79 Å². The van der Waals surface area contributed by atoms with E-state index in [-0.39, 0.29) is 18.6 Å². The molecule has 1 aliphatic carbocycles. The summed E-state index contributed by atoms with van der Waals surface area (Å²) in [6, 6.07) is 11.7. The number of pyridine rings is 1. The van der Waals surface area contributed by atoms with Crippen molar-refractivity contribution in [3.05, 3.63) is 47.9 Å². The standard InChI is InChI=1S/C24H26N4O3/c1-15-6-5-9-18(26-15)23-22(17-10-11-19-20(12-17)31-14-30-19)27-21(28-23)13-25-24(29)16-7-3-2-4-8-16/h5-6,9-12,16H,2-4,7-8,13-14H2,1H3,(H,25,29)(H,27,28). The number of H-pyrrole nitrogens is 1. The molecule has 0 spiro atoms. The van der Waals surface area contributed by atoms with Crippen LogP contribution < -0.4 is 14.8 Å². The molecule has 5 rings (SSSR count). The average molecular weight is 418 g/mol. The molecule has 0 saturated heterocycles. The van der Waals surface area contributed by atoms with Crippen molar-refractivity contribution >= 4 is 5.91 Å². The summed E-state index contributed by atoms with van der Waals surface area (Å²) in [6.45, 7) is 2.55. The Bertz CT molecular complexity index is 1100. The van der Waals surface area contributed by atoms with Gasteiger partial charge >= 0.3 is 0 Å². The molecule has 7 heteroatoms. The molecule has 1 fully saturated rings. The number of amides is 1. The van der Waals surface area contributed by atoms with Gasteiger partial charge in [-0.05, 0) is 50.1 Å². The number of fused-ring (bicyclic) bond motifs is 1. The quantitative estimate of drug-likeness (QED) is 0.642. The number of carbonyl (C=O) groups is 1. The van der Waals surface area contributed by atoms with Gasteiger partial charge in [0, 0.05) is 17.2 Å². The fraction of sp³-hybridized carbons (Fsp3) is 0.375. The third-order valence-corrected chi connectivity index (χ3v) is 5.95. The molecular weight excluding hydrogens is 392 g/mol. The Morgan fingerprint density at radius 1 is 1.10 bits per heavy atom. The van der Waals surface area contributed by atoms with Gasteiger partial charge in [-0.15, -0.1) is 0 Å². The molecular formula is C24H26N4O3. The topological polar surface area (TPSA) is 89.1 Å². The highest BCUT2D eigenvalue weighted by atomic mass is 16.7. The van der Waals surface area contributed by atoms with E-state index >= 15 is 0 Å². The number of aryl methyl sites for hydroxylation is 1. The first-order valence-corrected chi connectivity index (χ1v) is 10.9. The van der Waals surface area contributed by atoms with Gasteiger partial charge in [0.1, 0.15) is 5.82 Å². The molecule has 2 aliphatic rings. The summed E-state index contributed by atoms with van der Waals surface area (Å²) in [4.78, 5) is 25.5. The van der Waals surface area contributed by atoms with Crippen LogP contribution in [0.4, 0.5) is 0 Å². The second-order valence-corrected chi connectivity index (χ2v) is 8.19. The van der Waals surface area contributed by atoms with Gasteiger partial charge in [-0.2, -0.15) is 0 Å². The maximum absolute atomic E-state index is 12.6. The van der Waals surface area contributed by atoms with Crippen LogP contribution in [0, 0.1) is 12.8 Å². The summed E-state index contributed by atoms with van der Waals surface area (Å²) < 4.78 is 11.0. The van der Waals surface area contributed by atoms with Gasteiger partial charge in [0.2, 0.25) is 12.7 Å². The fourth-order valence-corrected chi connectivity index (χ4v) is 4.31. The van der Waals surface area contributed by atoms with Crippen LogP contribution in [0.15, 0.2) is 36.4 Å². The molecule has 0 bridgehead atoms. The summed E-state index contributed by atoms with van der Waals surface area (Å²) in [5, 5.41) is 3.07. The highest BCUT2D eigenvalue weighted by Gasteiger charge is 2.22. The Morgan fingerprint density at radius 2 is 1.94 bits per heavy atom. The molecule has 2 N–H and O–H groups in total. The average Bonchev–Trinajstić information content (AvgIpc) is 3.44. The van der Waals surface area contributed by atoms with E-state index in [0.717, 1.165) is 59.8 Å². The van der Waals surface area contributed by atoms with E-state index in [4.69, 9.17) is 14.5 Å². The number of benzene rings is 1. The number of hydrogen-bond donors (Lipinski definition) is 2. The minimum Gasteiger partial charge on any atom is -0.454 e. The Labute approximate surface area is 181 Å². The predicted molar refractivity (Wildman–Crippen MR) is 117 cm³/mol. The van der Waals surface area contributed by atoms with Crippen LogP contribution in [-0.2, 0) is 11.3 Å². The zero-order valence-electron chi connectivity index (χ0n) is 17.6. The van der Waals surface area contributed by atoms with Gasteiger partial charge in [-0.25, -0.2) is 4.98 Å². The second kappa shape index (κ2) is 8.41. The SMILES string of the molecule is Cc1cccc(-c2[nH]c(CNC(=O)C3CCCCC3)nc2-c2ccc3c(c2)OCO3)n1. The zero-order valence-corrected chi connectivity index (χ0v) is 17.6. The van der Waals surface area contributed by atoms with Crippen LogP contribution in [0.3, 0.4) is 0 Å². The van der Waals surface area contributed by atoms with E-state index in [1.54, 1.807) is 0 Å². The molecule has 1 aromatic carbocycles. The number of hydrogen-bond acceptors (Lipinski definition) is 5. The maximum Gasteiger partial charge on any atom is 0.231 e. The fourth-order valence-electron chi connectivity index (χ4n) is 4.31. The number of nitrogens with zero attached hydrogens (tertiary/aromatic N) is 2. The third-order valence-electron chi connectivity index (χ3n) is 5.95. The van der Waals surface area contributed by atoms with Gasteiger partial charge in [0.25, 0.3) is 0 Å². The monoisotopic (exact) mass is 418 g/mol. The van der Waals surface area contributed by atoms with E-state index in [1.807, 2.05) is 43.3 Å². The highest BCUT2D eigenvalue weighted by Crippen LogP contribution is 2.38. The normalized spacial score (nSPS) is 15.8. The minimum atomic E-state index is 0.120. The Hall–Kier alpha value is -3.35. The van der Waals surface area contributed by atoms with Gasteiger partial charge < -0.3 is 19.8 Å². The first kappa shape index (κ1) is 19.6. The van der Waals surface area contributed by atoms with Crippen LogP contribution in [0.2, 0.25) is 0 Å². The summed E-state index contributed by atoms with van der Waals surface area (Å²) in [5.74, 6) is 2.38. The van der Waals surface area contributed by atoms with Crippen LogP contribution in [-0.4, -0.2) is 27.7 Å². The predicted octanol–water partition coefficient (Wildman–Crippen LogP) is 4.37. The van der Waals surface area contributed by atoms with E-state index in [0.29, 0.717) is 18.1 Å². The van der Waals surface area contributed by atoms with Crippen LogP contribution in [0.25, 0.3) is 22.6 Å². The van der Waals surface area contributed by atoms with E-state index in [1.165, 1.54) is 6.42 Å². The van der Waals surface area contributed by atoms with E-state index in [2.05, 4.69) is 15.3 Å². The second-order valence-electron chi connectivity index (χ2n) is 8.19. The lowest BCUT2D eigenvalue weighted by atomic mass is 9.89. The molecule has 0 atom stereocenters. The van der Waals surface area contributed by atoms with Crippen LogP contribution >= 0.6 is 0 Å². The van der Waals surface area contributed by atoms with Gasteiger partial charge in [0.15, 0.2) is 11.5 Å². The van der Waals surface area contributed by atoms with Crippen molar-refractivity contribution in [1.82, 2.24) is 20.3 Å². The molecule has 3 aromatic rings. The number of aromatic amines is 1.